The molecule has 1 aliphatic rings. The molecule has 0 aromatic heterocycles. The van der Waals surface area contributed by atoms with Crippen LogP contribution in [0.5, 0.6) is 5.75 Å². The smallest absolute Gasteiger partial charge is 0.248 e. The summed E-state index contributed by atoms with van der Waals surface area (Å²) in [5, 5.41) is 2.80. The molecule has 0 radical (unpaired) electrons. The molecule has 3 rings (SSSR count). The Morgan fingerprint density at radius 3 is 2.65 bits per heavy atom. The zero-order chi connectivity index (χ0) is 18.5. The van der Waals surface area contributed by atoms with Crippen molar-refractivity contribution in [2.45, 2.75) is 12.8 Å². The van der Waals surface area contributed by atoms with Crippen LogP contribution in [0.4, 0.5) is 11.4 Å². The number of carbonyl (C=O) groups is 2. The van der Waals surface area contributed by atoms with Gasteiger partial charge in [0.15, 0.2) is 0 Å². The lowest BCUT2D eigenvalue weighted by molar-refractivity contribution is -0.117. The van der Waals surface area contributed by atoms with E-state index >= 15 is 0 Å². The first-order valence-corrected chi connectivity index (χ1v) is 9.09. The fourth-order valence-corrected chi connectivity index (χ4v) is 3.17. The summed E-state index contributed by atoms with van der Waals surface area (Å²) in [6.45, 7) is 0.769. The summed E-state index contributed by atoms with van der Waals surface area (Å²) in [4.78, 5) is 25.7. The van der Waals surface area contributed by atoms with Gasteiger partial charge >= 0.3 is 0 Å². The molecule has 1 fully saturated rings. The van der Waals surface area contributed by atoms with E-state index < -0.39 is 0 Å². The Hall–Kier alpha value is -2.60. The average Bonchev–Trinajstić information content (AvgIpc) is 3.07. The van der Waals surface area contributed by atoms with Gasteiger partial charge in [-0.25, -0.2) is 0 Å². The van der Waals surface area contributed by atoms with Gasteiger partial charge in [0.2, 0.25) is 11.8 Å². The van der Waals surface area contributed by atoms with Crippen molar-refractivity contribution < 1.29 is 14.3 Å². The molecule has 0 unspecified atom stereocenters. The Morgan fingerprint density at radius 2 is 2.00 bits per heavy atom. The number of anilines is 2. The van der Waals surface area contributed by atoms with Crippen molar-refractivity contribution in [2.75, 3.05) is 23.9 Å². The van der Waals surface area contributed by atoms with Crippen molar-refractivity contribution in [2.24, 2.45) is 0 Å². The van der Waals surface area contributed by atoms with Gasteiger partial charge in [0.25, 0.3) is 0 Å². The van der Waals surface area contributed by atoms with Crippen LogP contribution in [0.2, 0.25) is 0 Å². The molecule has 2 aromatic rings. The highest BCUT2D eigenvalue weighted by molar-refractivity contribution is 9.10. The zero-order valence-corrected chi connectivity index (χ0v) is 16.0. The fraction of sp³-hybridized carbons (Fsp3) is 0.200. The minimum atomic E-state index is -0.250. The standard InChI is InChI=1S/C20H19BrN2O3/c1-26-18-10-7-15(21)13-17(18)22-19(24)11-6-14-4-8-16(9-5-14)23-12-2-3-20(23)25/h4-11,13H,2-3,12H2,1H3,(H,22,24)/b11-6+. The summed E-state index contributed by atoms with van der Waals surface area (Å²) in [7, 11) is 1.56. The lowest BCUT2D eigenvalue weighted by Gasteiger charge is -2.15. The number of nitrogens with zero attached hydrogens (tertiary/aromatic N) is 1. The normalized spacial score (nSPS) is 14.1. The van der Waals surface area contributed by atoms with Crippen LogP contribution >= 0.6 is 15.9 Å². The van der Waals surface area contributed by atoms with Crippen LogP contribution in [0.25, 0.3) is 6.08 Å². The lowest BCUT2D eigenvalue weighted by Crippen LogP contribution is -2.23. The summed E-state index contributed by atoms with van der Waals surface area (Å²) in [5.74, 6) is 0.505. The fourth-order valence-electron chi connectivity index (χ4n) is 2.81. The molecule has 1 saturated heterocycles. The predicted octanol–water partition coefficient (Wildman–Crippen LogP) is 4.24. The maximum absolute atomic E-state index is 12.2. The van der Waals surface area contributed by atoms with E-state index in [1.54, 1.807) is 30.2 Å². The van der Waals surface area contributed by atoms with E-state index in [4.69, 9.17) is 4.74 Å². The summed E-state index contributed by atoms with van der Waals surface area (Å²) in [5.41, 5.74) is 2.38. The quantitative estimate of drug-likeness (QED) is 0.744. The minimum Gasteiger partial charge on any atom is -0.495 e. The highest BCUT2D eigenvalue weighted by Gasteiger charge is 2.21. The SMILES string of the molecule is COc1ccc(Br)cc1NC(=O)/C=C/c1ccc(N2CCCC2=O)cc1. The monoisotopic (exact) mass is 414 g/mol. The molecule has 2 aromatic carbocycles. The van der Waals surface area contributed by atoms with Crippen LogP contribution in [-0.2, 0) is 9.59 Å². The minimum absolute atomic E-state index is 0.163. The van der Waals surface area contributed by atoms with Crippen molar-refractivity contribution in [1.29, 1.82) is 0 Å². The maximum atomic E-state index is 12.2. The number of rotatable bonds is 5. The first-order valence-electron chi connectivity index (χ1n) is 8.30. The van der Waals surface area contributed by atoms with Gasteiger partial charge in [-0.05, 0) is 48.4 Å². The second-order valence-corrected chi connectivity index (χ2v) is 6.82. The number of benzene rings is 2. The van der Waals surface area contributed by atoms with E-state index in [-0.39, 0.29) is 11.8 Å². The van der Waals surface area contributed by atoms with Crippen molar-refractivity contribution >= 4 is 45.2 Å². The van der Waals surface area contributed by atoms with Gasteiger partial charge < -0.3 is 15.0 Å². The van der Waals surface area contributed by atoms with Gasteiger partial charge in [0.05, 0.1) is 12.8 Å². The van der Waals surface area contributed by atoms with Gasteiger partial charge in [-0.3, -0.25) is 9.59 Å². The molecule has 2 amide bonds. The Kier molecular flexibility index (Phi) is 5.73. The van der Waals surface area contributed by atoms with Crippen molar-refractivity contribution in [3.8, 4) is 5.75 Å². The first kappa shape index (κ1) is 18.2. The molecule has 1 N–H and O–H groups in total. The van der Waals surface area contributed by atoms with Gasteiger partial charge in [0, 0.05) is 29.2 Å². The molecule has 0 bridgehead atoms. The molecule has 26 heavy (non-hydrogen) atoms. The van der Waals surface area contributed by atoms with E-state index in [0.29, 0.717) is 17.9 Å². The number of hydrogen-bond acceptors (Lipinski definition) is 3. The number of hydrogen-bond donors (Lipinski definition) is 1. The summed E-state index contributed by atoms with van der Waals surface area (Å²) in [6.07, 6.45) is 4.71. The summed E-state index contributed by atoms with van der Waals surface area (Å²) >= 11 is 3.38. The number of amides is 2. The van der Waals surface area contributed by atoms with Crippen LogP contribution in [-0.4, -0.2) is 25.5 Å². The van der Waals surface area contributed by atoms with E-state index in [0.717, 1.165) is 28.7 Å². The molecule has 6 heteroatoms. The Bertz CT molecular complexity index is 847. The Balaban J connectivity index is 1.65. The number of ether oxygens (including phenoxy) is 1. The third-order valence-electron chi connectivity index (χ3n) is 4.12. The van der Waals surface area contributed by atoms with Gasteiger partial charge in [-0.15, -0.1) is 0 Å². The topological polar surface area (TPSA) is 58.6 Å². The van der Waals surface area contributed by atoms with Crippen molar-refractivity contribution in [3.63, 3.8) is 0 Å². The summed E-state index contributed by atoms with van der Waals surface area (Å²) in [6, 6.07) is 13.0. The van der Waals surface area contributed by atoms with Crippen LogP contribution in [0.1, 0.15) is 18.4 Å². The zero-order valence-electron chi connectivity index (χ0n) is 14.4. The molecule has 5 nitrogen and oxygen atoms in total. The van der Waals surface area contributed by atoms with E-state index in [9.17, 15) is 9.59 Å². The Morgan fingerprint density at radius 1 is 1.23 bits per heavy atom. The van der Waals surface area contributed by atoms with Crippen molar-refractivity contribution in [3.05, 3.63) is 58.6 Å². The van der Waals surface area contributed by atoms with E-state index in [1.165, 1.54) is 6.08 Å². The molecule has 134 valence electrons. The maximum Gasteiger partial charge on any atom is 0.248 e. The predicted molar refractivity (Wildman–Crippen MR) is 106 cm³/mol. The number of carbonyl (C=O) groups excluding carboxylic acids is 2. The van der Waals surface area contributed by atoms with E-state index in [2.05, 4.69) is 21.2 Å². The van der Waals surface area contributed by atoms with Crippen molar-refractivity contribution in [1.82, 2.24) is 0 Å². The highest BCUT2D eigenvalue weighted by atomic mass is 79.9. The second kappa shape index (κ2) is 8.19. The number of halogens is 1. The van der Waals surface area contributed by atoms with Gasteiger partial charge in [-0.2, -0.15) is 0 Å². The highest BCUT2D eigenvalue weighted by Crippen LogP contribution is 2.28. The molecule has 1 heterocycles. The molecule has 0 spiro atoms. The molecule has 0 aliphatic carbocycles. The average molecular weight is 415 g/mol. The van der Waals surface area contributed by atoms with Crippen LogP contribution in [0, 0.1) is 0 Å². The number of nitrogens with one attached hydrogen (secondary N) is 1. The molecular formula is C20H19BrN2O3. The Labute approximate surface area is 160 Å². The first-order chi connectivity index (χ1) is 12.6. The van der Waals surface area contributed by atoms with Crippen LogP contribution < -0.4 is 15.0 Å². The summed E-state index contributed by atoms with van der Waals surface area (Å²) < 4.78 is 6.09. The third kappa shape index (κ3) is 4.32. The lowest BCUT2D eigenvalue weighted by atomic mass is 10.2. The largest absolute Gasteiger partial charge is 0.495 e. The van der Waals surface area contributed by atoms with Gasteiger partial charge in [-0.1, -0.05) is 28.1 Å². The molecule has 1 aliphatic heterocycles. The second-order valence-electron chi connectivity index (χ2n) is 5.91. The molecular weight excluding hydrogens is 396 g/mol. The van der Waals surface area contributed by atoms with Crippen LogP contribution in [0.15, 0.2) is 53.0 Å². The third-order valence-corrected chi connectivity index (χ3v) is 4.62. The number of methoxy groups -OCH3 is 1. The molecule has 0 atom stereocenters. The van der Waals surface area contributed by atoms with Gasteiger partial charge in [0.1, 0.15) is 5.75 Å². The van der Waals surface area contributed by atoms with E-state index in [1.807, 2.05) is 30.3 Å². The molecule has 0 saturated carbocycles. The van der Waals surface area contributed by atoms with Crippen LogP contribution in [0.3, 0.4) is 0 Å².